The fourth-order valence-electron chi connectivity index (χ4n) is 1.95. The highest BCUT2D eigenvalue weighted by Crippen LogP contribution is 2.40. The molecule has 0 radical (unpaired) electrons. The van der Waals surface area contributed by atoms with Crippen LogP contribution in [0.2, 0.25) is 0 Å². The molecular weight excluding hydrogens is 308 g/mol. The molecule has 1 aliphatic carbocycles. The number of aromatic nitrogens is 1. The number of hydrogen-bond donors (Lipinski definition) is 1. The maximum Gasteiger partial charge on any atom is 0.257 e. The summed E-state index contributed by atoms with van der Waals surface area (Å²) >= 11 is 1.39. The van der Waals surface area contributed by atoms with Crippen LogP contribution in [0.4, 0.5) is 5.13 Å². The average Bonchev–Trinajstić information content (AvgIpc) is 3.19. The van der Waals surface area contributed by atoms with Crippen LogP contribution < -0.4 is 5.32 Å². The highest BCUT2D eigenvalue weighted by Gasteiger charge is 2.26. The first kappa shape index (κ1) is 14.2. The average molecular weight is 322 g/mol. The van der Waals surface area contributed by atoms with Crippen LogP contribution in [0.15, 0.2) is 34.5 Å². The predicted octanol–water partition coefficient (Wildman–Crippen LogP) is 2.68. The van der Waals surface area contributed by atoms with Gasteiger partial charge in [0.1, 0.15) is 0 Å². The zero-order chi connectivity index (χ0) is 15.0. The molecule has 1 heterocycles. The number of benzene rings is 1. The molecule has 0 spiro atoms. The van der Waals surface area contributed by atoms with Crippen LogP contribution in [0.3, 0.4) is 0 Å². The van der Waals surface area contributed by atoms with Gasteiger partial charge in [0.2, 0.25) is 0 Å². The second-order valence-electron chi connectivity index (χ2n) is 5.11. The van der Waals surface area contributed by atoms with Crippen molar-refractivity contribution < 1.29 is 13.2 Å². The van der Waals surface area contributed by atoms with E-state index >= 15 is 0 Å². The first-order valence-electron chi connectivity index (χ1n) is 6.50. The number of hydrogen-bond acceptors (Lipinski definition) is 5. The van der Waals surface area contributed by atoms with Crippen molar-refractivity contribution in [3.8, 4) is 0 Å². The van der Waals surface area contributed by atoms with Gasteiger partial charge < -0.3 is 0 Å². The van der Waals surface area contributed by atoms with Gasteiger partial charge >= 0.3 is 0 Å². The van der Waals surface area contributed by atoms with E-state index in [0.29, 0.717) is 16.6 Å². The summed E-state index contributed by atoms with van der Waals surface area (Å²) in [5.74, 6) is 0.192. The number of carbonyl (C=O) groups excluding carboxylic acids is 1. The number of nitrogens with one attached hydrogen (secondary N) is 1. The molecule has 1 N–H and O–H groups in total. The lowest BCUT2D eigenvalue weighted by Gasteiger charge is -2.04. The van der Waals surface area contributed by atoms with Gasteiger partial charge in [0.25, 0.3) is 5.91 Å². The molecule has 1 aliphatic rings. The van der Waals surface area contributed by atoms with E-state index in [2.05, 4.69) is 10.3 Å². The van der Waals surface area contributed by atoms with Crippen molar-refractivity contribution in [2.45, 2.75) is 23.7 Å². The van der Waals surface area contributed by atoms with Crippen LogP contribution in [0.25, 0.3) is 0 Å². The van der Waals surface area contributed by atoms with Crippen LogP contribution in [0.1, 0.15) is 34.8 Å². The molecule has 0 atom stereocenters. The van der Waals surface area contributed by atoms with Crippen molar-refractivity contribution in [1.82, 2.24) is 4.98 Å². The van der Waals surface area contributed by atoms with Gasteiger partial charge in [-0.3, -0.25) is 10.1 Å². The molecule has 0 bridgehead atoms. The van der Waals surface area contributed by atoms with E-state index < -0.39 is 9.84 Å². The fourth-order valence-corrected chi connectivity index (χ4v) is 3.40. The largest absolute Gasteiger partial charge is 0.298 e. The highest BCUT2D eigenvalue weighted by atomic mass is 32.2. The Hall–Kier alpha value is -1.73. The van der Waals surface area contributed by atoms with Crippen LogP contribution in [-0.2, 0) is 9.84 Å². The molecular formula is C14H14N2O3S2. The molecule has 0 saturated heterocycles. The normalized spacial score (nSPS) is 14.9. The van der Waals surface area contributed by atoms with Gasteiger partial charge in [-0.05, 0) is 31.0 Å². The Balaban J connectivity index is 1.78. The minimum Gasteiger partial charge on any atom is -0.298 e. The number of anilines is 1. The fraction of sp³-hybridized carbons (Fsp3) is 0.286. The third-order valence-corrected chi connectivity index (χ3v) is 5.15. The summed E-state index contributed by atoms with van der Waals surface area (Å²) in [4.78, 5) is 16.7. The van der Waals surface area contributed by atoms with Gasteiger partial charge in [-0.15, -0.1) is 11.3 Å². The molecule has 110 valence electrons. The van der Waals surface area contributed by atoms with Crippen molar-refractivity contribution in [2.24, 2.45) is 0 Å². The Morgan fingerprint density at radius 3 is 2.81 bits per heavy atom. The standard InChI is InChI=1S/C14H14N2O3S2/c1-21(18,19)11-4-2-3-10(7-11)13(17)16-14-15-12(8-20-14)9-5-6-9/h2-4,7-9H,5-6H2,1H3,(H,15,16,17). The number of rotatable bonds is 4. The summed E-state index contributed by atoms with van der Waals surface area (Å²) in [7, 11) is -3.32. The van der Waals surface area contributed by atoms with E-state index in [-0.39, 0.29) is 10.8 Å². The molecule has 5 nitrogen and oxygen atoms in total. The van der Waals surface area contributed by atoms with Crippen LogP contribution >= 0.6 is 11.3 Å². The number of nitrogens with zero attached hydrogens (tertiary/aromatic N) is 1. The van der Waals surface area contributed by atoms with Crippen molar-refractivity contribution in [2.75, 3.05) is 11.6 Å². The maximum absolute atomic E-state index is 12.1. The minimum absolute atomic E-state index is 0.132. The Morgan fingerprint density at radius 1 is 1.38 bits per heavy atom. The predicted molar refractivity (Wildman–Crippen MR) is 81.6 cm³/mol. The molecule has 2 aromatic rings. The topological polar surface area (TPSA) is 76.1 Å². The first-order valence-corrected chi connectivity index (χ1v) is 9.27. The third kappa shape index (κ3) is 3.30. The molecule has 1 saturated carbocycles. The number of thiazole rings is 1. The summed E-state index contributed by atoms with van der Waals surface area (Å²) < 4.78 is 23.0. The summed E-state index contributed by atoms with van der Waals surface area (Å²) in [5, 5.41) is 5.22. The number of carbonyl (C=O) groups is 1. The lowest BCUT2D eigenvalue weighted by Crippen LogP contribution is -2.12. The summed E-state index contributed by atoms with van der Waals surface area (Å²) in [6.07, 6.45) is 3.44. The van der Waals surface area contributed by atoms with E-state index in [1.165, 1.54) is 23.5 Å². The lowest BCUT2D eigenvalue weighted by molar-refractivity contribution is 0.102. The second-order valence-corrected chi connectivity index (χ2v) is 7.98. The van der Waals surface area contributed by atoms with Gasteiger partial charge in [0.15, 0.2) is 15.0 Å². The smallest absolute Gasteiger partial charge is 0.257 e. The zero-order valence-electron chi connectivity index (χ0n) is 11.4. The monoisotopic (exact) mass is 322 g/mol. The molecule has 21 heavy (non-hydrogen) atoms. The molecule has 3 rings (SSSR count). The maximum atomic E-state index is 12.1. The van der Waals surface area contributed by atoms with Gasteiger partial charge in [0.05, 0.1) is 10.6 Å². The molecule has 0 aliphatic heterocycles. The Bertz CT molecular complexity index is 792. The summed E-state index contributed by atoms with van der Waals surface area (Å²) in [5.41, 5.74) is 1.33. The van der Waals surface area contributed by atoms with Crippen molar-refractivity contribution in [1.29, 1.82) is 0 Å². The van der Waals surface area contributed by atoms with Crippen LogP contribution in [-0.4, -0.2) is 25.6 Å². The molecule has 1 aromatic heterocycles. The van der Waals surface area contributed by atoms with Crippen molar-refractivity contribution in [3.63, 3.8) is 0 Å². The van der Waals surface area contributed by atoms with E-state index in [0.717, 1.165) is 24.8 Å². The third-order valence-electron chi connectivity index (χ3n) is 3.26. The van der Waals surface area contributed by atoms with E-state index in [1.54, 1.807) is 12.1 Å². The quantitative estimate of drug-likeness (QED) is 0.939. The Labute approximate surface area is 127 Å². The van der Waals surface area contributed by atoms with Crippen molar-refractivity contribution >= 4 is 32.2 Å². The van der Waals surface area contributed by atoms with Gasteiger partial charge in [-0.1, -0.05) is 6.07 Å². The second kappa shape index (κ2) is 5.23. The van der Waals surface area contributed by atoms with Gasteiger partial charge in [-0.2, -0.15) is 0 Å². The minimum atomic E-state index is -3.32. The van der Waals surface area contributed by atoms with E-state index in [9.17, 15) is 13.2 Å². The van der Waals surface area contributed by atoms with Crippen LogP contribution in [0, 0.1) is 0 Å². The zero-order valence-corrected chi connectivity index (χ0v) is 13.0. The SMILES string of the molecule is CS(=O)(=O)c1cccc(C(=O)Nc2nc(C3CC3)cs2)c1. The van der Waals surface area contributed by atoms with E-state index in [4.69, 9.17) is 0 Å². The van der Waals surface area contributed by atoms with Gasteiger partial charge in [-0.25, -0.2) is 13.4 Å². The molecule has 1 amide bonds. The highest BCUT2D eigenvalue weighted by molar-refractivity contribution is 7.90. The van der Waals surface area contributed by atoms with Crippen LogP contribution in [0.5, 0.6) is 0 Å². The number of amides is 1. The van der Waals surface area contributed by atoms with Crippen molar-refractivity contribution in [3.05, 3.63) is 40.9 Å². The Morgan fingerprint density at radius 2 is 2.14 bits per heavy atom. The summed E-state index contributed by atoms with van der Waals surface area (Å²) in [6.45, 7) is 0. The molecule has 1 fully saturated rings. The van der Waals surface area contributed by atoms with E-state index in [1.807, 2.05) is 5.38 Å². The molecule has 0 unspecified atom stereocenters. The molecule has 1 aromatic carbocycles. The lowest BCUT2D eigenvalue weighted by atomic mass is 10.2. The van der Waals surface area contributed by atoms with Gasteiger partial charge in [0, 0.05) is 23.1 Å². The Kier molecular flexibility index (Phi) is 3.54. The first-order chi connectivity index (χ1) is 9.93. The summed E-state index contributed by atoms with van der Waals surface area (Å²) in [6, 6.07) is 5.99. The number of sulfone groups is 1. The molecule has 7 heteroatoms.